The van der Waals surface area contributed by atoms with Crippen molar-refractivity contribution in [2.24, 2.45) is 11.8 Å². The van der Waals surface area contributed by atoms with Crippen LogP contribution in [0.2, 0.25) is 0 Å². The van der Waals surface area contributed by atoms with Crippen LogP contribution >= 0.6 is 0 Å². The second-order valence-corrected chi connectivity index (χ2v) is 6.20. The summed E-state index contributed by atoms with van der Waals surface area (Å²) in [5.41, 5.74) is 0.917. The van der Waals surface area contributed by atoms with Gasteiger partial charge in [-0.15, -0.1) is 4.48 Å². The molecule has 5 atom stereocenters. The maximum absolute atomic E-state index is 12.4. The molecule has 0 bridgehead atoms. The molecule has 22 heavy (non-hydrogen) atoms. The largest absolute Gasteiger partial charge is 0.526 e. The summed E-state index contributed by atoms with van der Waals surface area (Å²) in [5.74, 6) is -1.10. The van der Waals surface area contributed by atoms with Crippen LogP contribution in [0.4, 0.5) is 4.79 Å². The summed E-state index contributed by atoms with van der Waals surface area (Å²) in [6.07, 6.45) is 3.39. The zero-order valence-corrected chi connectivity index (χ0v) is 12.6. The summed E-state index contributed by atoms with van der Waals surface area (Å²) in [6.45, 7) is 4.03. The summed E-state index contributed by atoms with van der Waals surface area (Å²) in [5, 5.41) is 19.4. The van der Waals surface area contributed by atoms with E-state index < -0.39 is 34.5 Å². The summed E-state index contributed by atoms with van der Waals surface area (Å²) in [6, 6.07) is 5.30. The van der Waals surface area contributed by atoms with Gasteiger partial charge in [0.05, 0.1) is 11.7 Å². The Bertz CT molecular complexity index is 655. The van der Waals surface area contributed by atoms with Gasteiger partial charge in [0.1, 0.15) is 12.2 Å². The molecule has 1 fully saturated rings. The Morgan fingerprint density at radius 1 is 1.36 bits per heavy atom. The van der Waals surface area contributed by atoms with Crippen LogP contribution < -0.4 is 4.57 Å². The van der Waals surface area contributed by atoms with Crippen LogP contribution in [0, 0.1) is 11.8 Å². The van der Waals surface area contributed by atoms with Crippen molar-refractivity contribution < 1.29 is 28.9 Å². The Balaban J connectivity index is 1.96. The van der Waals surface area contributed by atoms with E-state index in [1.165, 1.54) is 0 Å². The molecular formula is C16H20N2O4+2. The smallest absolute Gasteiger partial charge is 0.435 e. The van der Waals surface area contributed by atoms with Crippen molar-refractivity contribution in [3.8, 4) is 0 Å². The van der Waals surface area contributed by atoms with Crippen LogP contribution in [0.1, 0.15) is 13.8 Å². The molecule has 3 rings (SSSR count). The molecule has 0 aliphatic carbocycles. The molecule has 0 aromatic carbocycles. The number of aromatic nitrogens is 1. The SMILES string of the molecule is CC(O)[C@H]1C(=O)[N+]2(C(=O)O)C=C(C[n+]3ccccc3)[C@H](C)[C@@H]12. The van der Waals surface area contributed by atoms with Gasteiger partial charge in [-0.05, 0) is 6.92 Å². The molecule has 1 aromatic rings. The fraction of sp³-hybridized carbons (Fsp3) is 0.438. The van der Waals surface area contributed by atoms with E-state index in [0.717, 1.165) is 5.57 Å². The van der Waals surface area contributed by atoms with Crippen LogP contribution in [-0.4, -0.2) is 38.8 Å². The van der Waals surface area contributed by atoms with E-state index in [-0.39, 0.29) is 5.92 Å². The van der Waals surface area contributed by atoms with Crippen molar-refractivity contribution in [1.82, 2.24) is 0 Å². The number of amides is 2. The molecule has 2 aliphatic heterocycles. The minimum atomic E-state index is -1.16. The quantitative estimate of drug-likeness (QED) is 0.494. The first-order chi connectivity index (χ1) is 10.4. The number of rotatable bonds is 3. The predicted molar refractivity (Wildman–Crippen MR) is 76.1 cm³/mol. The minimum absolute atomic E-state index is 0.0684. The van der Waals surface area contributed by atoms with Crippen LogP contribution in [0.25, 0.3) is 0 Å². The lowest BCUT2D eigenvalue weighted by Crippen LogP contribution is -2.75. The van der Waals surface area contributed by atoms with Crippen LogP contribution in [0.3, 0.4) is 0 Å². The summed E-state index contributed by atoms with van der Waals surface area (Å²) in [4.78, 5) is 24.1. The second-order valence-electron chi connectivity index (χ2n) is 6.20. The molecule has 116 valence electrons. The van der Waals surface area contributed by atoms with E-state index in [2.05, 4.69) is 0 Å². The number of nitrogens with zero attached hydrogens (tertiary/aromatic N) is 2. The number of carbonyl (C=O) groups excluding carboxylic acids is 1. The van der Waals surface area contributed by atoms with Gasteiger partial charge < -0.3 is 10.2 Å². The number of aliphatic hydroxyl groups excluding tert-OH is 1. The average molecular weight is 304 g/mol. The third kappa shape index (κ3) is 1.84. The van der Waals surface area contributed by atoms with E-state index in [1.807, 2.05) is 42.1 Å². The second kappa shape index (κ2) is 5.00. The average Bonchev–Trinajstić information content (AvgIpc) is 2.71. The molecule has 6 nitrogen and oxygen atoms in total. The van der Waals surface area contributed by atoms with E-state index in [1.54, 1.807) is 13.1 Å². The third-order valence-corrected chi connectivity index (χ3v) is 4.93. The number of imide groups is 1. The Morgan fingerprint density at radius 2 is 2.00 bits per heavy atom. The van der Waals surface area contributed by atoms with Gasteiger partial charge in [0.2, 0.25) is 0 Å². The van der Waals surface area contributed by atoms with Crippen molar-refractivity contribution in [1.29, 1.82) is 0 Å². The Morgan fingerprint density at radius 3 is 2.55 bits per heavy atom. The maximum Gasteiger partial charge on any atom is 0.526 e. The zero-order valence-electron chi connectivity index (χ0n) is 12.6. The lowest BCUT2D eigenvalue weighted by Gasteiger charge is -2.46. The number of carbonyl (C=O) groups is 2. The molecule has 2 amide bonds. The molecule has 1 saturated heterocycles. The van der Waals surface area contributed by atoms with Gasteiger partial charge in [0, 0.05) is 18.1 Å². The maximum atomic E-state index is 12.4. The molecule has 0 radical (unpaired) electrons. The Hall–Kier alpha value is -2.05. The summed E-state index contributed by atoms with van der Waals surface area (Å²) >= 11 is 0. The lowest BCUT2D eigenvalue weighted by atomic mass is 9.75. The zero-order chi connectivity index (χ0) is 16.1. The number of quaternary nitrogens is 1. The van der Waals surface area contributed by atoms with Crippen molar-refractivity contribution in [2.75, 3.05) is 0 Å². The van der Waals surface area contributed by atoms with Gasteiger partial charge in [-0.2, -0.15) is 4.79 Å². The highest BCUT2D eigenvalue weighted by atomic mass is 16.4. The number of hydrogen-bond donors (Lipinski definition) is 2. The van der Waals surface area contributed by atoms with Gasteiger partial charge in [0.25, 0.3) is 0 Å². The molecule has 0 saturated carbocycles. The van der Waals surface area contributed by atoms with E-state index in [9.17, 15) is 19.8 Å². The van der Waals surface area contributed by atoms with Crippen LogP contribution in [0.15, 0.2) is 42.4 Å². The molecule has 1 aromatic heterocycles. The van der Waals surface area contributed by atoms with Gasteiger partial charge in [-0.3, -0.25) is 0 Å². The highest BCUT2D eigenvalue weighted by Crippen LogP contribution is 2.50. The molecule has 2 aliphatic rings. The first-order valence-corrected chi connectivity index (χ1v) is 7.39. The highest BCUT2D eigenvalue weighted by Gasteiger charge is 2.74. The van der Waals surface area contributed by atoms with E-state index in [0.29, 0.717) is 6.54 Å². The van der Waals surface area contributed by atoms with Crippen molar-refractivity contribution in [2.45, 2.75) is 32.5 Å². The fourth-order valence-corrected chi connectivity index (χ4v) is 3.83. The first kappa shape index (κ1) is 14.9. The van der Waals surface area contributed by atoms with E-state index in [4.69, 9.17) is 0 Å². The van der Waals surface area contributed by atoms with Gasteiger partial charge in [-0.25, -0.2) is 9.36 Å². The lowest BCUT2D eigenvalue weighted by molar-refractivity contribution is -0.797. The highest BCUT2D eigenvalue weighted by molar-refractivity contribution is 5.90. The van der Waals surface area contributed by atoms with Crippen molar-refractivity contribution in [3.63, 3.8) is 0 Å². The molecule has 0 spiro atoms. The third-order valence-electron chi connectivity index (χ3n) is 4.93. The topological polar surface area (TPSA) is 78.5 Å². The number of pyridine rings is 1. The van der Waals surface area contributed by atoms with Crippen LogP contribution in [-0.2, 0) is 11.3 Å². The number of aliphatic hydroxyl groups is 1. The Labute approximate surface area is 128 Å². The van der Waals surface area contributed by atoms with E-state index >= 15 is 0 Å². The number of β-lactam (4-membered cyclic amide) rings is 1. The molecular weight excluding hydrogens is 284 g/mol. The number of fused-ring (bicyclic) bond motifs is 1. The van der Waals surface area contributed by atoms with Gasteiger partial charge >= 0.3 is 12.0 Å². The summed E-state index contributed by atoms with van der Waals surface area (Å²) < 4.78 is 1.29. The number of carboxylic acid groups (broad SMARTS) is 1. The van der Waals surface area contributed by atoms with Crippen LogP contribution in [0.5, 0.6) is 0 Å². The van der Waals surface area contributed by atoms with Crippen molar-refractivity contribution in [3.05, 3.63) is 42.4 Å². The minimum Gasteiger partial charge on any atom is -0.435 e. The first-order valence-electron chi connectivity index (χ1n) is 7.39. The molecule has 2 N–H and O–H groups in total. The standard InChI is InChI=1S/C16H19N2O4/c1-10-12(8-17-6-4-3-5-7-17)9-18(16(21)22)14(10)13(11(2)19)15(18)20/h3-7,9-11,13-14,19H,8H2,1-2H3/q+1/p+1/t10-,11?,13+,14-,18?/m0/s1. The fourth-order valence-electron chi connectivity index (χ4n) is 3.83. The van der Waals surface area contributed by atoms with Gasteiger partial charge in [0.15, 0.2) is 24.9 Å². The predicted octanol–water partition coefficient (Wildman–Crippen LogP) is 0.908. The summed E-state index contributed by atoms with van der Waals surface area (Å²) in [7, 11) is 0. The normalized spacial score (nSPS) is 34.6. The number of hydrogen-bond acceptors (Lipinski definition) is 3. The molecule has 6 heteroatoms. The van der Waals surface area contributed by atoms with Gasteiger partial charge in [-0.1, -0.05) is 13.0 Å². The molecule has 2 unspecified atom stereocenters. The van der Waals surface area contributed by atoms with Crippen molar-refractivity contribution >= 4 is 12.0 Å². The Kier molecular flexibility index (Phi) is 3.38. The monoisotopic (exact) mass is 304 g/mol. The molecule has 3 heterocycles.